The molecule has 0 aromatic heterocycles. The second-order valence-electron chi connectivity index (χ2n) is 8.75. The van der Waals surface area contributed by atoms with E-state index in [0.29, 0.717) is 47.0 Å². The second-order valence-corrected chi connectivity index (χ2v) is 8.75. The van der Waals surface area contributed by atoms with Crippen molar-refractivity contribution in [2.24, 2.45) is 23.5 Å². The Labute approximate surface area is 189 Å². The molecule has 0 heterocycles. The summed E-state index contributed by atoms with van der Waals surface area (Å²) in [6.07, 6.45) is 0.628. The molecule has 33 heavy (non-hydrogen) atoms. The summed E-state index contributed by atoms with van der Waals surface area (Å²) in [6.45, 7) is 0. The van der Waals surface area contributed by atoms with Gasteiger partial charge in [-0.3, -0.25) is 21.7 Å². The Kier molecular flexibility index (Phi) is 6.51. The summed E-state index contributed by atoms with van der Waals surface area (Å²) in [5.41, 5.74) is 6.55. The van der Waals surface area contributed by atoms with Gasteiger partial charge in [-0.25, -0.2) is 19.4 Å². The monoisotopic (exact) mass is 467 g/mol. The van der Waals surface area contributed by atoms with E-state index >= 15 is 0 Å². The molecular weight excluding hydrogens is 438 g/mol. The van der Waals surface area contributed by atoms with Crippen molar-refractivity contribution in [2.75, 3.05) is 14.1 Å². The van der Waals surface area contributed by atoms with E-state index in [4.69, 9.17) is 26.7 Å². The molecule has 3 amide bonds. The van der Waals surface area contributed by atoms with Crippen LogP contribution in [0.4, 0.5) is 14.4 Å². The summed E-state index contributed by atoms with van der Waals surface area (Å²) in [7, 11) is 2.52. The summed E-state index contributed by atoms with van der Waals surface area (Å²) in [4.78, 5) is 37.4. The predicted octanol–water partition coefficient (Wildman–Crippen LogP) is 0.844. The van der Waals surface area contributed by atoms with Gasteiger partial charge in [0.2, 0.25) is 5.96 Å². The maximum Gasteiger partial charge on any atom is 0.437 e. The van der Waals surface area contributed by atoms with Gasteiger partial charge in [0.05, 0.1) is 5.54 Å². The lowest BCUT2D eigenvalue weighted by molar-refractivity contribution is -0.127. The van der Waals surface area contributed by atoms with Crippen molar-refractivity contribution in [3.8, 4) is 0 Å². The van der Waals surface area contributed by atoms with Crippen LogP contribution in [0.1, 0.15) is 38.5 Å². The van der Waals surface area contributed by atoms with E-state index in [9.17, 15) is 19.5 Å². The maximum absolute atomic E-state index is 13.0. The molecule has 182 valence electrons. The van der Waals surface area contributed by atoms with Gasteiger partial charge in [0.1, 0.15) is 0 Å². The SMILES string of the molecule is CNC(=N)OC(=O)N(C)NC(=N)N(C(=O)O)N(C(=O)OC(=N)N)C12CC3CC(CC(C3)C1)C2. The average molecular weight is 467 g/mol. The number of carbonyl (C=O) groups is 3. The molecule has 4 aliphatic rings. The number of hydrogen-bond acceptors (Lipinski definition) is 8. The number of guanidine groups is 1. The van der Waals surface area contributed by atoms with Crippen molar-refractivity contribution in [2.45, 2.75) is 44.1 Å². The predicted molar refractivity (Wildman–Crippen MR) is 113 cm³/mol. The molecule has 0 unspecified atom stereocenters. The van der Waals surface area contributed by atoms with Crippen molar-refractivity contribution >= 4 is 36.3 Å². The molecule has 0 aliphatic heterocycles. The summed E-state index contributed by atoms with van der Waals surface area (Å²) >= 11 is 0. The summed E-state index contributed by atoms with van der Waals surface area (Å²) < 4.78 is 9.43. The van der Waals surface area contributed by atoms with E-state index in [1.807, 2.05) is 0 Å². The highest BCUT2D eigenvalue weighted by molar-refractivity contribution is 5.95. The largest absolute Gasteiger partial charge is 0.463 e. The molecule has 4 fully saturated rings. The Balaban J connectivity index is 1.90. The number of carboxylic acid groups (broad SMARTS) is 1. The molecule has 0 radical (unpaired) electrons. The van der Waals surface area contributed by atoms with Crippen LogP contribution in [0.25, 0.3) is 0 Å². The first kappa shape index (κ1) is 23.9. The third kappa shape index (κ3) is 4.85. The van der Waals surface area contributed by atoms with Crippen molar-refractivity contribution < 1.29 is 29.0 Å². The molecular formula is C18H29N9O6. The van der Waals surface area contributed by atoms with Crippen LogP contribution < -0.4 is 16.5 Å². The minimum atomic E-state index is -1.67. The third-order valence-corrected chi connectivity index (χ3v) is 6.38. The Bertz CT molecular complexity index is 842. The van der Waals surface area contributed by atoms with E-state index < -0.39 is 41.8 Å². The van der Waals surface area contributed by atoms with Crippen LogP contribution in [0.15, 0.2) is 0 Å². The van der Waals surface area contributed by atoms with Crippen molar-refractivity contribution in [3.05, 3.63) is 0 Å². The Morgan fingerprint density at radius 3 is 1.94 bits per heavy atom. The first-order chi connectivity index (χ1) is 15.5. The van der Waals surface area contributed by atoms with Crippen LogP contribution in [-0.2, 0) is 9.47 Å². The fraction of sp³-hybridized carbons (Fsp3) is 0.667. The number of ether oxygens (including phenoxy) is 2. The van der Waals surface area contributed by atoms with Gasteiger partial charge in [-0.2, -0.15) is 5.01 Å². The normalized spacial score (nSPS) is 26.5. The highest BCUT2D eigenvalue weighted by Crippen LogP contribution is 2.58. The first-order valence-electron chi connectivity index (χ1n) is 10.4. The van der Waals surface area contributed by atoms with Gasteiger partial charge in [0, 0.05) is 14.1 Å². The summed E-state index contributed by atoms with van der Waals surface area (Å²) in [5.74, 6) is 0.0832. The maximum atomic E-state index is 13.0. The second kappa shape index (κ2) is 8.99. The zero-order chi connectivity index (χ0) is 24.5. The van der Waals surface area contributed by atoms with Gasteiger partial charge in [0.25, 0.3) is 12.0 Å². The van der Waals surface area contributed by atoms with Crippen molar-refractivity contribution in [3.63, 3.8) is 0 Å². The Morgan fingerprint density at radius 2 is 1.52 bits per heavy atom. The number of nitrogens with zero attached hydrogens (tertiary/aromatic N) is 3. The molecule has 0 saturated heterocycles. The zero-order valence-corrected chi connectivity index (χ0v) is 18.4. The van der Waals surface area contributed by atoms with E-state index in [2.05, 4.69) is 15.5 Å². The number of nitrogens with two attached hydrogens (primary N) is 1. The van der Waals surface area contributed by atoms with Gasteiger partial charge >= 0.3 is 18.3 Å². The van der Waals surface area contributed by atoms with E-state index in [1.54, 1.807) is 0 Å². The van der Waals surface area contributed by atoms with Gasteiger partial charge in [-0.1, -0.05) is 0 Å². The highest BCUT2D eigenvalue weighted by Gasteiger charge is 2.58. The van der Waals surface area contributed by atoms with Crippen LogP contribution in [0, 0.1) is 34.0 Å². The molecule has 0 aromatic carbocycles. The van der Waals surface area contributed by atoms with E-state index in [-0.39, 0.29) is 0 Å². The third-order valence-electron chi connectivity index (χ3n) is 6.38. The number of hydrogen-bond donors (Lipinski definition) is 7. The molecule has 0 atom stereocenters. The van der Waals surface area contributed by atoms with Crippen molar-refractivity contribution in [1.29, 1.82) is 16.2 Å². The zero-order valence-electron chi connectivity index (χ0n) is 18.4. The van der Waals surface area contributed by atoms with Crippen LogP contribution in [-0.4, -0.2) is 76.1 Å². The van der Waals surface area contributed by atoms with E-state index in [0.717, 1.165) is 31.3 Å². The highest BCUT2D eigenvalue weighted by atomic mass is 16.6. The smallest absolute Gasteiger partial charge is 0.437 e. The standard InChI is InChI=1S/C18H29N9O6/c1-23-14(22)33-16(30)25(2)24-13(21)26(15(28)29)27(17(31)32-12(19)20)18-6-9-3-10(7-18)5-11(4-9)8-18/h9-11H,3-8H2,1-2H3,(H3,19,20)(H2,21,24)(H2,22,23)(H,28,29). The van der Waals surface area contributed by atoms with E-state index in [1.165, 1.54) is 7.05 Å². The number of rotatable bonds is 1. The summed E-state index contributed by atoms with van der Waals surface area (Å²) in [5, 5.41) is 37.1. The van der Waals surface area contributed by atoms with Gasteiger partial charge in [-0.15, -0.1) is 5.01 Å². The van der Waals surface area contributed by atoms with Gasteiger partial charge < -0.3 is 25.6 Å². The van der Waals surface area contributed by atoms with Crippen LogP contribution in [0.3, 0.4) is 0 Å². The molecule has 0 aromatic rings. The average Bonchev–Trinajstić information content (AvgIpc) is 2.69. The Hall–Kier alpha value is -3.78. The topological polar surface area (TPSA) is 221 Å². The van der Waals surface area contributed by atoms with Crippen LogP contribution >= 0.6 is 0 Å². The molecule has 4 bridgehead atoms. The number of hydrazine groups is 2. The minimum Gasteiger partial charge on any atom is -0.463 e. The number of amides is 3. The lowest BCUT2D eigenvalue weighted by Crippen LogP contribution is -2.70. The fourth-order valence-corrected chi connectivity index (χ4v) is 5.69. The molecule has 8 N–H and O–H groups in total. The van der Waals surface area contributed by atoms with Gasteiger partial charge in [0.15, 0.2) is 0 Å². The minimum absolute atomic E-state index is 0.312. The molecule has 4 saturated carbocycles. The molecule has 4 rings (SSSR count). The van der Waals surface area contributed by atoms with Crippen molar-refractivity contribution in [1.82, 2.24) is 25.8 Å². The summed E-state index contributed by atoms with van der Waals surface area (Å²) in [6, 6.07) is -1.47. The van der Waals surface area contributed by atoms with Crippen LogP contribution in [0.2, 0.25) is 0 Å². The van der Waals surface area contributed by atoms with Crippen LogP contribution in [0.5, 0.6) is 0 Å². The molecule has 15 heteroatoms. The lowest BCUT2D eigenvalue weighted by atomic mass is 9.53. The number of amidine groups is 2. The number of nitrogens with one attached hydrogen (secondary N) is 5. The number of carbonyl (C=O) groups excluding carboxylic acids is 2. The first-order valence-corrected chi connectivity index (χ1v) is 10.4. The molecule has 15 nitrogen and oxygen atoms in total. The quantitative estimate of drug-likeness (QED) is 0.165. The Morgan fingerprint density at radius 1 is 1.00 bits per heavy atom. The molecule has 4 aliphatic carbocycles. The lowest BCUT2D eigenvalue weighted by Gasteiger charge is -2.60. The molecule has 0 spiro atoms. The fourth-order valence-electron chi connectivity index (χ4n) is 5.69. The van der Waals surface area contributed by atoms with Gasteiger partial charge in [-0.05, 0) is 56.3 Å².